The topological polar surface area (TPSA) is 33.1 Å². The Morgan fingerprint density at radius 1 is 1.24 bits per heavy atom. The zero-order valence-corrected chi connectivity index (χ0v) is 10.4. The SMILES string of the molecule is c1ncn(CCN2CCNCC2)c1C1CCC1. The molecule has 3 rings (SSSR count). The number of hydrogen-bond donors (Lipinski definition) is 1. The minimum Gasteiger partial charge on any atom is -0.333 e. The average molecular weight is 234 g/mol. The van der Waals surface area contributed by atoms with Crippen molar-refractivity contribution < 1.29 is 0 Å². The van der Waals surface area contributed by atoms with Crippen molar-refractivity contribution in [1.82, 2.24) is 19.8 Å². The molecule has 2 aliphatic rings. The molecule has 1 N–H and O–H groups in total. The maximum atomic E-state index is 4.32. The second-order valence-electron chi connectivity index (χ2n) is 5.23. The maximum Gasteiger partial charge on any atom is 0.0948 e. The van der Waals surface area contributed by atoms with Crippen LogP contribution in [-0.4, -0.2) is 47.2 Å². The van der Waals surface area contributed by atoms with E-state index in [4.69, 9.17) is 0 Å². The number of nitrogens with one attached hydrogen (secondary N) is 1. The second kappa shape index (κ2) is 5.19. The number of piperazine rings is 1. The Balaban J connectivity index is 1.55. The monoisotopic (exact) mass is 234 g/mol. The fourth-order valence-corrected chi connectivity index (χ4v) is 2.75. The fourth-order valence-electron chi connectivity index (χ4n) is 2.75. The van der Waals surface area contributed by atoms with Crippen molar-refractivity contribution in [2.24, 2.45) is 0 Å². The molecule has 1 saturated carbocycles. The van der Waals surface area contributed by atoms with Crippen molar-refractivity contribution in [3.8, 4) is 0 Å². The minimum atomic E-state index is 0.792. The quantitative estimate of drug-likeness (QED) is 0.845. The van der Waals surface area contributed by atoms with Gasteiger partial charge in [-0.25, -0.2) is 4.98 Å². The van der Waals surface area contributed by atoms with Gasteiger partial charge in [0.25, 0.3) is 0 Å². The summed E-state index contributed by atoms with van der Waals surface area (Å²) in [6.07, 6.45) is 8.20. The maximum absolute atomic E-state index is 4.32. The molecular formula is C13H22N4. The minimum absolute atomic E-state index is 0.792. The molecule has 0 radical (unpaired) electrons. The first kappa shape index (κ1) is 11.2. The summed E-state index contributed by atoms with van der Waals surface area (Å²) in [5, 5.41) is 3.39. The van der Waals surface area contributed by atoms with E-state index in [-0.39, 0.29) is 0 Å². The van der Waals surface area contributed by atoms with E-state index in [9.17, 15) is 0 Å². The molecule has 0 aromatic carbocycles. The zero-order chi connectivity index (χ0) is 11.5. The van der Waals surface area contributed by atoms with E-state index in [1.54, 1.807) is 0 Å². The van der Waals surface area contributed by atoms with Gasteiger partial charge in [-0.3, -0.25) is 4.90 Å². The Bertz CT molecular complexity index is 350. The van der Waals surface area contributed by atoms with Gasteiger partial charge in [-0.15, -0.1) is 0 Å². The third kappa shape index (κ3) is 2.53. The van der Waals surface area contributed by atoms with Crippen molar-refractivity contribution >= 4 is 0 Å². The van der Waals surface area contributed by atoms with Crippen LogP contribution < -0.4 is 5.32 Å². The van der Waals surface area contributed by atoms with Gasteiger partial charge in [-0.05, 0) is 12.8 Å². The summed E-state index contributed by atoms with van der Waals surface area (Å²) in [5.74, 6) is 0.792. The summed E-state index contributed by atoms with van der Waals surface area (Å²) < 4.78 is 2.37. The normalized spacial score (nSPS) is 22.6. The van der Waals surface area contributed by atoms with Crippen LogP contribution >= 0.6 is 0 Å². The van der Waals surface area contributed by atoms with Crippen molar-refractivity contribution in [3.05, 3.63) is 18.2 Å². The number of imidazole rings is 1. The number of aromatic nitrogens is 2. The molecule has 1 saturated heterocycles. The van der Waals surface area contributed by atoms with E-state index >= 15 is 0 Å². The second-order valence-corrected chi connectivity index (χ2v) is 5.23. The molecule has 4 heteroatoms. The van der Waals surface area contributed by atoms with Gasteiger partial charge < -0.3 is 9.88 Å². The van der Waals surface area contributed by atoms with E-state index in [2.05, 4.69) is 26.0 Å². The van der Waals surface area contributed by atoms with E-state index in [1.807, 2.05) is 6.33 Å². The molecule has 4 nitrogen and oxygen atoms in total. The summed E-state index contributed by atoms with van der Waals surface area (Å²) in [6.45, 7) is 6.92. The third-order valence-corrected chi connectivity index (χ3v) is 4.13. The molecule has 2 heterocycles. The largest absolute Gasteiger partial charge is 0.333 e. The Hall–Kier alpha value is -0.870. The highest BCUT2D eigenvalue weighted by Gasteiger charge is 2.22. The Morgan fingerprint density at radius 2 is 2.06 bits per heavy atom. The third-order valence-electron chi connectivity index (χ3n) is 4.13. The molecule has 0 spiro atoms. The summed E-state index contributed by atoms with van der Waals surface area (Å²) in [7, 11) is 0. The van der Waals surface area contributed by atoms with Gasteiger partial charge in [0.1, 0.15) is 0 Å². The van der Waals surface area contributed by atoms with Crippen LogP contribution in [0.2, 0.25) is 0 Å². The highest BCUT2D eigenvalue weighted by molar-refractivity contribution is 5.09. The zero-order valence-electron chi connectivity index (χ0n) is 10.4. The molecule has 0 atom stereocenters. The molecule has 17 heavy (non-hydrogen) atoms. The van der Waals surface area contributed by atoms with Crippen LogP contribution in [0.3, 0.4) is 0 Å². The Morgan fingerprint density at radius 3 is 2.76 bits per heavy atom. The Labute approximate surface area is 103 Å². The van der Waals surface area contributed by atoms with Crippen molar-refractivity contribution in [2.45, 2.75) is 31.7 Å². The summed E-state index contributed by atoms with van der Waals surface area (Å²) in [4.78, 5) is 6.86. The highest BCUT2D eigenvalue weighted by atomic mass is 15.2. The van der Waals surface area contributed by atoms with E-state index in [0.717, 1.165) is 32.1 Å². The van der Waals surface area contributed by atoms with E-state index in [0.29, 0.717) is 0 Å². The van der Waals surface area contributed by atoms with Crippen molar-refractivity contribution in [1.29, 1.82) is 0 Å². The average Bonchev–Trinajstić information content (AvgIpc) is 2.74. The molecule has 1 aliphatic carbocycles. The van der Waals surface area contributed by atoms with E-state index < -0.39 is 0 Å². The van der Waals surface area contributed by atoms with Gasteiger partial charge >= 0.3 is 0 Å². The number of nitrogens with zero attached hydrogens (tertiary/aromatic N) is 3. The van der Waals surface area contributed by atoms with Crippen LogP contribution in [0.4, 0.5) is 0 Å². The van der Waals surface area contributed by atoms with Crippen molar-refractivity contribution in [2.75, 3.05) is 32.7 Å². The number of rotatable bonds is 4. The van der Waals surface area contributed by atoms with Gasteiger partial charge in [0.15, 0.2) is 0 Å². The number of hydrogen-bond acceptors (Lipinski definition) is 3. The molecule has 2 fully saturated rings. The fraction of sp³-hybridized carbons (Fsp3) is 0.769. The first-order valence-electron chi connectivity index (χ1n) is 6.86. The predicted octanol–water partition coefficient (Wildman–Crippen LogP) is 1.06. The van der Waals surface area contributed by atoms with E-state index in [1.165, 1.54) is 38.0 Å². The van der Waals surface area contributed by atoms with Gasteiger partial charge in [0, 0.05) is 57.1 Å². The lowest BCUT2D eigenvalue weighted by molar-refractivity contribution is 0.230. The molecule has 1 aromatic heterocycles. The Kier molecular flexibility index (Phi) is 3.43. The first-order valence-corrected chi connectivity index (χ1v) is 6.86. The molecular weight excluding hydrogens is 212 g/mol. The van der Waals surface area contributed by atoms with Crippen molar-refractivity contribution in [3.63, 3.8) is 0 Å². The van der Waals surface area contributed by atoms with Crippen LogP contribution in [0.25, 0.3) is 0 Å². The summed E-state index contributed by atoms with van der Waals surface area (Å²) in [6, 6.07) is 0. The standard InChI is InChI=1S/C13H22N4/c1-2-12(3-1)13-10-15-11-17(13)9-8-16-6-4-14-5-7-16/h10-12,14H,1-9H2. The smallest absolute Gasteiger partial charge is 0.0948 e. The molecule has 94 valence electrons. The molecule has 0 bridgehead atoms. The van der Waals surface area contributed by atoms with Crippen LogP contribution in [0.15, 0.2) is 12.5 Å². The van der Waals surface area contributed by atoms with Crippen LogP contribution in [0.1, 0.15) is 30.9 Å². The van der Waals surface area contributed by atoms with Gasteiger partial charge in [-0.1, -0.05) is 6.42 Å². The lowest BCUT2D eigenvalue weighted by atomic mass is 9.83. The van der Waals surface area contributed by atoms with Crippen LogP contribution in [0.5, 0.6) is 0 Å². The highest BCUT2D eigenvalue weighted by Crippen LogP contribution is 2.35. The van der Waals surface area contributed by atoms with Crippen LogP contribution in [-0.2, 0) is 6.54 Å². The van der Waals surface area contributed by atoms with Crippen LogP contribution in [0, 0.1) is 0 Å². The summed E-state index contributed by atoms with van der Waals surface area (Å²) in [5.41, 5.74) is 1.46. The van der Waals surface area contributed by atoms with Gasteiger partial charge in [0.05, 0.1) is 6.33 Å². The molecule has 1 aromatic rings. The molecule has 1 aliphatic heterocycles. The molecule has 0 unspecified atom stereocenters. The lowest BCUT2D eigenvalue weighted by Crippen LogP contribution is -2.44. The van der Waals surface area contributed by atoms with Gasteiger partial charge in [0.2, 0.25) is 0 Å². The van der Waals surface area contributed by atoms with Gasteiger partial charge in [-0.2, -0.15) is 0 Å². The lowest BCUT2D eigenvalue weighted by Gasteiger charge is -2.29. The predicted molar refractivity (Wildman–Crippen MR) is 68.1 cm³/mol. The first-order chi connectivity index (χ1) is 8.43. The molecule has 0 amide bonds. The summed E-state index contributed by atoms with van der Waals surface area (Å²) >= 11 is 0.